The van der Waals surface area contributed by atoms with Crippen molar-refractivity contribution >= 4 is 34.0 Å². The van der Waals surface area contributed by atoms with Crippen LogP contribution in [0.15, 0.2) is 36.5 Å². The average molecular weight is 352 g/mol. The van der Waals surface area contributed by atoms with Gasteiger partial charge in [-0.1, -0.05) is 18.2 Å². The van der Waals surface area contributed by atoms with Crippen LogP contribution in [0.25, 0.3) is 10.9 Å². The number of anilines is 1. The molecule has 2 N–H and O–H groups in total. The summed E-state index contributed by atoms with van der Waals surface area (Å²) >= 11 is 1.73. The Morgan fingerprint density at radius 1 is 1.20 bits per heavy atom. The summed E-state index contributed by atoms with van der Waals surface area (Å²) in [6, 6.07) is 9.28. The summed E-state index contributed by atoms with van der Waals surface area (Å²) in [5.74, 6) is 0. The maximum absolute atomic E-state index is 12.4. The maximum Gasteiger partial charge on any atom is 0.319 e. The number of amides is 2. The normalized spacial score (nSPS) is 14.8. The molecule has 2 heterocycles. The largest absolute Gasteiger partial charge is 0.329 e. The highest BCUT2D eigenvalue weighted by Crippen LogP contribution is 2.29. The van der Waals surface area contributed by atoms with E-state index in [1.807, 2.05) is 37.3 Å². The Labute approximate surface area is 150 Å². The zero-order chi connectivity index (χ0) is 17.2. The van der Waals surface area contributed by atoms with Crippen LogP contribution in [0, 0.1) is 0 Å². The molecule has 0 spiro atoms. The first-order valence-electron chi connectivity index (χ1n) is 8.60. The summed E-state index contributed by atoms with van der Waals surface area (Å²) < 4.78 is 0. The van der Waals surface area contributed by atoms with Crippen LogP contribution < -0.4 is 10.6 Å². The Morgan fingerprint density at radius 3 is 2.92 bits per heavy atom. The molecule has 0 aliphatic heterocycles. The number of rotatable bonds is 3. The third-order valence-electron chi connectivity index (χ3n) is 4.46. The number of aromatic nitrogens is 2. The molecule has 0 fully saturated rings. The van der Waals surface area contributed by atoms with E-state index < -0.39 is 0 Å². The molecule has 2 amide bonds. The number of carbonyl (C=O) groups is 1. The number of nitrogens with one attached hydrogen (secondary N) is 2. The highest BCUT2D eigenvalue weighted by Gasteiger charge is 2.19. The second kappa shape index (κ2) is 6.80. The third kappa shape index (κ3) is 3.35. The highest BCUT2D eigenvalue weighted by molar-refractivity contribution is 7.11. The van der Waals surface area contributed by atoms with Gasteiger partial charge in [0.25, 0.3) is 0 Å². The monoisotopic (exact) mass is 352 g/mol. The van der Waals surface area contributed by atoms with Crippen molar-refractivity contribution in [3.05, 3.63) is 52.1 Å². The van der Waals surface area contributed by atoms with E-state index in [1.165, 1.54) is 23.4 Å². The number of para-hydroxylation sites is 1. The van der Waals surface area contributed by atoms with Crippen LogP contribution in [0.4, 0.5) is 10.5 Å². The molecular formula is C19H20N4OS. The molecule has 1 atom stereocenters. The molecule has 1 aromatic carbocycles. The van der Waals surface area contributed by atoms with Gasteiger partial charge in [-0.15, -0.1) is 11.3 Å². The number of pyridine rings is 1. The van der Waals surface area contributed by atoms with Crippen molar-refractivity contribution in [2.45, 2.75) is 38.6 Å². The minimum Gasteiger partial charge on any atom is -0.329 e. The molecule has 128 valence electrons. The van der Waals surface area contributed by atoms with Crippen LogP contribution in [0.3, 0.4) is 0 Å². The predicted octanol–water partition coefficient (Wildman–Crippen LogP) is 4.45. The van der Waals surface area contributed by atoms with Crippen LogP contribution in [0.5, 0.6) is 0 Å². The Bertz CT molecular complexity index is 892. The number of fused-ring (bicyclic) bond motifs is 2. The number of hydrogen-bond acceptors (Lipinski definition) is 4. The second-order valence-corrected chi connectivity index (χ2v) is 7.45. The molecule has 1 unspecified atom stereocenters. The zero-order valence-electron chi connectivity index (χ0n) is 14.1. The number of benzene rings is 1. The van der Waals surface area contributed by atoms with Gasteiger partial charge in [0, 0.05) is 16.5 Å². The first kappa shape index (κ1) is 16.0. The molecule has 0 saturated heterocycles. The van der Waals surface area contributed by atoms with Crippen molar-refractivity contribution in [3.63, 3.8) is 0 Å². The van der Waals surface area contributed by atoms with Gasteiger partial charge in [0.15, 0.2) is 0 Å². The van der Waals surface area contributed by atoms with Crippen molar-refractivity contribution in [2.24, 2.45) is 0 Å². The van der Waals surface area contributed by atoms with Gasteiger partial charge in [0.2, 0.25) is 0 Å². The molecule has 25 heavy (non-hydrogen) atoms. The lowest BCUT2D eigenvalue weighted by Gasteiger charge is -2.13. The summed E-state index contributed by atoms with van der Waals surface area (Å²) in [5.41, 5.74) is 2.72. The maximum atomic E-state index is 12.4. The summed E-state index contributed by atoms with van der Waals surface area (Å²) in [6.07, 6.45) is 6.37. The minimum atomic E-state index is -0.237. The number of thiazole rings is 1. The molecule has 5 nitrogen and oxygen atoms in total. The average Bonchev–Trinajstić information content (AvgIpc) is 3.06. The standard InChI is InChI=1S/C19H20N4OS/c1-12(18-22-14-8-2-3-10-16(14)25-18)21-19(24)23-15-9-4-6-13-7-5-11-20-17(13)15/h4-7,9,11-12H,2-3,8,10H2,1H3,(H2,21,23,24). The molecule has 4 rings (SSSR count). The molecule has 6 heteroatoms. The van der Waals surface area contributed by atoms with E-state index >= 15 is 0 Å². The van der Waals surface area contributed by atoms with E-state index in [-0.39, 0.29) is 12.1 Å². The van der Waals surface area contributed by atoms with Gasteiger partial charge in [-0.25, -0.2) is 9.78 Å². The Kier molecular flexibility index (Phi) is 4.36. The van der Waals surface area contributed by atoms with Crippen LogP contribution in [0.1, 0.15) is 41.4 Å². The van der Waals surface area contributed by atoms with Gasteiger partial charge < -0.3 is 10.6 Å². The van der Waals surface area contributed by atoms with Crippen molar-refractivity contribution in [2.75, 3.05) is 5.32 Å². The quantitative estimate of drug-likeness (QED) is 0.732. The second-order valence-electron chi connectivity index (χ2n) is 6.33. The van der Waals surface area contributed by atoms with Gasteiger partial charge >= 0.3 is 6.03 Å². The SMILES string of the molecule is CC(NC(=O)Nc1cccc2cccnc12)c1nc2c(s1)CCCC2. The van der Waals surface area contributed by atoms with Crippen molar-refractivity contribution in [1.82, 2.24) is 15.3 Å². The fourth-order valence-electron chi connectivity index (χ4n) is 3.18. The number of nitrogens with zero attached hydrogens (tertiary/aromatic N) is 2. The van der Waals surface area contributed by atoms with E-state index in [4.69, 9.17) is 4.98 Å². The molecule has 0 bridgehead atoms. The molecule has 0 radical (unpaired) electrons. The van der Waals surface area contributed by atoms with Gasteiger partial charge in [-0.3, -0.25) is 4.98 Å². The molecule has 2 aromatic heterocycles. The fraction of sp³-hybridized carbons (Fsp3) is 0.316. The van der Waals surface area contributed by atoms with E-state index in [1.54, 1.807) is 17.5 Å². The van der Waals surface area contributed by atoms with Gasteiger partial charge in [0.1, 0.15) is 5.01 Å². The first-order chi connectivity index (χ1) is 12.2. The lowest BCUT2D eigenvalue weighted by atomic mass is 10.0. The Hall–Kier alpha value is -2.47. The number of urea groups is 1. The highest BCUT2D eigenvalue weighted by atomic mass is 32.1. The smallest absolute Gasteiger partial charge is 0.319 e. The fourth-order valence-corrected chi connectivity index (χ4v) is 4.33. The molecule has 1 aliphatic carbocycles. The molecular weight excluding hydrogens is 332 g/mol. The van der Waals surface area contributed by atoms with Gasteiger partial charge in [-0.2, -0.15) is 0 Å². The van der Waals surface area contributed by atoms with Gasteiger partial charge in [0.05, 0.1) is 22.9 Å². The Balaban J connectivity index is 1.47. The van der Waals surface area contributed by atoms with Gasteiger partial charge in [-0.05, 0) is 44.7 Å². The van der Waals surface area contributed by atoms with Crippen molar-refractivity contribution < 1.29 is 4.79 Å². The molecule has 0 saturated carbocycles. The minimum absolute atomic E-state index is 0.112. The van der Waals surface area contributed by atoms with Crippen molar-refractivity contribution in [1.29, 1.82) is 0 Å². The van der Waals surface area contributed by atoms with Crippen LogP contribution in [-0.2, 0) is 12.8 Å². The van der Waals surface area contributed by atoms with E-state index in [2.05, 4.69) is 15.6 Å². The molecule has 1 aliphatic rings. The first-order valence-corrected chi connectivity index (χ1v) is 9.42. The third-order valence-corrected chi connectivity index (χ3v) is 5.80. The topological polar surface area (TPSA) is 66.9 Å². The predicted molar refractivity (Wildman–Crippen MR) is 101 cm³/mol. The number of aryl methyl sites for hydroxylation is 2. The summed E-state index contributed by atoms with van der Waals surface area (Å²) in [5, 5.41) is 7.89. The number of carbonyl (C=O) groups excluding carboxylic acids is 1. The Morgan fingerprint density at radius 2 is 2.04 bits per heavy atom. The summed E-state index contributed by atoms with van der Waals surface area (Å²) in [7, 11) is 0. The van der Waals surface area contributed by atoms with E-state index in [0.717, 1.165) is 28.8 Å². The van der Waals surface area contributed by atoms with E-state index in [9.17, 15) is 4.79 Å². The summed E-state index contributed by atoms with van der Waals surface area (Å²) in [6.45, 7) is 1.98. The van der Waals surface area contributed by atoms with Crippen LogP contribution in [0.2, 0.25) is 0 Å². The van der Waals surface area contributed by atoms with Crippen molar-refractivity contribution in [3.8, 4) is 0 Å². The number of hydrogen-bond donors (Lipinski definition) is 2. The lowest BCUT2D eigenvalue weighted by Crippen LogP contribution is -2.31. The molecule has 3 aromatic rings. The van der Waals surface area contributed by atoms with Crippen LogP contribution in [-0.4, -0.2) is 16.0 Å². The lowest BCUT2D eigenvalue weighted by molar-refractivity contribution is 0.249. The van der Waals surface area contributed by atoms with Crippen LogP contribution >= 0.6 is 11.3 Å². The summed E-state index contributed by atoms with van der Waals surface area (Å²) in [4.78, 5) is 22.9. The van der Waals surface area contributed by atoms with E-state index in [0.29, 0.717) is 5.69 Å². The zero-order valence-corrected chi connectivity index (χ0v) is 14.9.